The molecule has 1 aliphatic rings. The highest BCUT2D eigenvalue weighted by Gasteiger charge is 2.18. The molecule has 1 atom stereocenters. The number of piperidine rings is 1. The molecule has 23 heavy (non-hydrogen) atoms. The van der Waals surface area contributed by atoms with Crippen LogP contribution in [0.3, 0.4) is 0 Å². The van der Waals surface area contributed by atoms with Crippen molar-refractivity contribution in [1.82, 2.24) is 4.90 Å². The standard InChI is InChI=1S/C20H24ClNO/c1-22-15-5-4-6-17(22)12-9-16-10-13-18(14-11-16)23-20-8-3-2-7-19(20)21/h2-3,7-8,10-11,13-14,17H,4-6,9,12,15H2,1H3. The number of benzene rings is 2. The van der Waals surface area contributed by atoms with Crippen LogP contribution in [0.2, 0.25) is 5.02 Å². The van der Waals surface area contributed by atoms with Crippen LogP contribution >= 0.6 is 11.6 Å². The second-order valence-corrected chi connectivity index (χ2v) is 6.75. The summed E-state index contributed by atoms with van der Waals surface area (Å²) in [5, 5.41) is 0.636. The lowest BCUT2D eigenvalue weighted by Crippen LogP contribution is -2.36. The van der Waals surface area contributed by atoms with Gasteiger partial charge in [0, 0.05) is 6.04 Å². The number of ether oxygens (including phenoxy) is 1. The van der Waals surface area contributed by atoms with Gasteiger partial charge < -0.3 is 9.64 Å². The molecule has 0 radical (unpaired) electrons. The molecule has 0 aliphatic carbocycles. The Morgan fingerprint density at radius 2 is 1.87 bits per heavy atom. The molecule has 3 rings (SSSR count). The highest BCUT2D eigenvalue weighted by molar-refractivity contribution is 6.32. The van der Waals surface area contributed by atoms with Crippen molar-refractivity contribution < 1.29 is 4.74 Å². The summed E-state index contributed by atoms with van der Waals surface area (Å²) in [6.07, 6.45) is 6.42. The van der Waals surface area contributed by atoms with Gasteiger partial charge in [0.2, 0.25) is 0 Å². The first kappa shape index (κ1) is 16.4. The molecule has 0 spiro atoms. The fraction of sp³-hybridized carbons (Fsp3) is 0.400. The van der Waals surface area contributed by atoms with E-state index in [0.717, 1.165) is 18.2 Å². The van der Waals surface area contributed by atoms with Crippen LogP contribution in [0.25, 0.3) is 0 Å². The molecule has 0 bridgehead atoms. The molecule has 0 amide bonds. The molecule has 0 N–H and O–H groups in total. The van der Waals surface area contributed by atoms with Gasteiger partial charge in [0.05, 0.1) is 5.02 Å². The average molecular weight is 330 g/mol. The molecule has 1 aliphatic heterocycles. The monoisotopic (exact) mass is 329 g/mol. The third-order valence-corrected chi connectivity index (χ3v) is 4.99. The van der Waals surface area contributed by atoms with Gasteiger partial charge in [-0.25, -0.2) is 0 Å². The fourth-order valence-corrected chi connectivity index (χ4v) is 3.40. The van der Waals surface area contributed by atoms with Crippen molar-refractivity contribution in [3.8, 4) is 11.5 Å². The summed E-state index contributed by atoms with van der Waals surface area (Å²) in [6.45, 7) is 1.25. The largest absolute Gasteiger partial charge is 0.456 e. The van der Waals surface area contributed by atoms with Crippen molar-refractivity contribution >= 4 is 11.6 Å². The van der Waals surface area contributed by atoms with Gasteiger partial charge in [-0.3, -0.25) is 0 Å². The quantitative estimate of drug-likeness (QED) is 0.713. The van der Waals surface area contributed by atoms with E-state index in [9.17, 15) is 0 Å². The van der Waals surface area contributed by atoms with Crippen molar-refractivity contribution in [2.24, 2.45) is 0 Å². The van der Waals surface area contributed by atoms with Crippen LogP contribution in [-0.2, 0) is 6.42 Å². The molecule has 1 unspecified atom stereocenters. The first-order valence-electron chi connectivity index (χ1n) is 8.44. The van der Waals surface area contributed by atoms with E-state index in [-0.39, 0.29) is 0 Å². The first-order valence-corrected chi connectivity index (χ1v) is 8.82. The molecule has 0 saturated carbocycles. The van der Waals surface area contributed by atoms with Gasteiger partial charge >= 0.3 is 0 Å². The molecular formula is C20H24ClNO. The van der Waals surface area contributed by atoms with Gasteiger partial charge in [-0.15, -0.1) is 0 Å². The maximum atomic E-state index is 6.13. The zero-order valence-corrected chi connectivity index (χ0v) is 14.4. The highest BCUT2D eigenvalue weighted by Crippen LogP contribution is 2.29. The summed E-state index contributed by atoms with van der Waals surface area (Å²) in [4.78, 5) is 2.51. The van der Waals surface area contributed by atoms with E-state index < -0.39 is 0 Å². The van der Waals surface area contributed by atoms with Crippen LogP contribution in [0.1, 0.15) is 31.2 Å². The Labute approximate surface area is 144 Å². The highest BCUT2D eigenvalue weighted by atomic mass is 35.5. The van der Waals surface area contributed by atoms with Gasteiger partial charge in [-0.1, -0.05) is 42.3 Å². The van der Waals surface area contributed by atoms with Crippen molar-refractivity contribution in [3.05, 3.63) is 59.1 Å². The van der Waals surface area contributed by atoms with Crippen LogP contribution in [0.4, 0.5) is 0 Å². The minimum absolute atomic E-state index is 0.636. The minimum Gasteiger partial charge on any atom is -0.456 e. The van der Waals surface area contributed by atoms with Crippen LogP contribution in [0.5, 0.6) is 11.5 Å². The van der Waals surface area contributed by atoms with Crippen LogP contribution in [0.15, 0.2) is 48.5 Å². The van der Waals surface area contributed by atoms with Crippen LogP contribution in [-0.4, -0.2) is 24.5 Å². The Hall–Kier alpha value is -1.51. The normalized spacial score (nSPS) is 18.8. The van der Waals surface area contributed by atoms with E-state index in [1.807, 2.05) is 36.4 Å². The number of halogens is 1. The molecule has 1 fully saturated rings. The van der Waals surface area contributed by atoms with Crippen LogP contribution in [0, 0.1) is 0 Å². The van der Waals surface area contributed by atoms with Gasteiger partial charge in [0.1, 0.15) is 11.5 Å². The Morgan fingerprint density at radius 1 is 1.09 bits per heavy atom. The summed E-state index contributed by atoms with van der Waals surface area (Å²) in [7, 11) is 2.25. The van der Waals surface area contributed by atoms with Gasteiger partial charge in [-0.2, -0.15) is 0 Å². The smallest absolute Gasteiger partial charge is 0.146 e. The predicted octanol–water partition coefficient (Wildman–Crippen LogP) is 5.55. The van der Waals surface area contributed by atoms with E-state index in [2.05, 4.69) is 24.1 Å². The number of nitrogens with zero attached hydrogens (tertiary/aromatic N) is 1. The number of hydrogen-bond acceptors (Lipinski definition) is 2. The molecule has 1 heterocycles. The van der Waals surface area contributed by atoms with E-state index in [0.29, 0.717) is 10.8 Å². The maximum absolute atomic E-state index is 6.13. The SMILES string of the molecule is CN1CCCCC1CCc1ccc(Oc2ccccc2Cl)cc1. The van der Waals surface area contributed by atoms with Gasteiger partial charge in [-0.05, 0) is 69.1 Å². The fourth-order valence-electron chi connectivity index (χ4n) is 3.22. The third-order valence-electron chi connectivity index (χ3n) is 4.68. The summed E-state index contributed by atoms with van der Waals surface area (Å²) in [6, 6.07) is 16.7. The van der Waals surface area contributed by atoms with Gasteiger partial charge in [0.15, 0.2) is 0 Å². The molecule has 2 nitrogen and oxygen atoms in total. The number of hydrogen-bond donors (Lipinski definition) is 0. The lowest BCUT2D eigenvalue weighted by molar-refractivity contribution is 0.176. The Bertz CT molecular complexity index is 626. The van der Waals surface area contributed by atoms with Crippen molar-refractivity contribution in [3.63, 3.8) is 0 Å². The molecule has 2 aromatic carbocycles. The second kappa shape index (κ2) is 7.85. The maximum Gasteiger partial charge on any atom is 0.146 e. The molecule has 3 heteroatoms. The zero-order chi connectivity index (χ0) is 16.1. The lowest BCUT2D eigenvalue weighted by Gasteiger charge is -2.32. The van der Waals surface area contributed by atoms with E-state index >= 15 is 0 Å². The Balaban J connectivity index is 1.56. The lowest BCUT2D eigenvalue weighted by atomic mass is 9.96. The van der Waals surface area contributed by atoms with E-state index in [4.69, 9.17) is 16.3 Å². The van der Waals surface area contributed by atoms with Crippen molar-refractivity contribution in [2.45, 2.75) is 38.1 Å². The molecule has 122 valence electrons. The van der Waals surface area contributed by atoms with E-state index in [1.165, 1.54) is 37.8 Å². The number of rotatable bonds is 5. The number of aryl methyl sites for hydroxylation is 1. The zero-order valence-electron chi connectivity index (χ0n) is 13.7. The molecule has 1 saturated heterocycles. The van der Waals surface area contributed by atoms with E-state index in [1.54, 1.807) is 0 Å². The van der Waals surface area contributed by atoms with Crippen molar-refractivity contribution in [2.75, 3.05) is 13.6 Å². The Kier molecular flexibility index (Phi) is 5.58. The number of para-hydroxylation sites is 1. The molecule has 2 aromatic rings. The Morgan fingerprint density at radius 3 is 2.61 bits per heavy atom. The minimum atomic E-state index is 0.636. The van der Waals surface area contributed by atoms with Crippen LogP contribution < -0.4 is 4.74 Å². The second-order valence-electron chi connectivity index (χ2n) is 6.35. The average Bonchev–Trinajstić information content (AvgIpc) is 2.57. The number of likely N-dealkylation sites (tertiary alicyclic amines) is 1. The predicted molar refractivity (Wildman–Crippen MR) is 96.6 cm³/mol. The van der Waals surface area contributed by atoms with Crippen molar-refractivity contribution in [1.29, 1.82) is 0 Å². The summed E-state index contributed by atoms with van der Waals surface area (Å²) < 4.78 is 5.84. The first-order chi connectivity index (χ1) is 11.2. The topological polar surface area (TPSA) is 12.5 Å². The third kappa shape index (κ3) is 4.49. The summed E-state index contributed by atoms with van der Waals surface area (Å²) in [5.41, 5.74) is 1.37. The summed E-state index contributed by atoms with van der Waals surface area (Å²) in [5.74, 6) is 1.53. The summed E-state index contributed by atoms with van der Waals surface area (Å²) >= 11 is 6.13. The van der Waals surface area contributed by atoms with Gasteiger partial charge in [0.25, 0.3) is 0 Å². The molecular weight excluding hydrogens is 306 g/mol. The molecule has 0 aromatic heterocycles.